The Balaban J connectivity index is 2.04. The second-order valence-electron chi connectivity index (χ2n) is 3.46. The van der Waals surface area contributed by atoms with Crippen LogP contribution in [-0.2, 0) is 0 Å². The predicted molar refractivity (Wildman–Crippen MR) is 45.3 cm³/mol. The summed E-state index contributed by atoms with van der Waals surface area (Å²) in [6.45, 7) is 2.76. The molecule has 1 fully saturated rings. The van der Waals surface area contributed by atoms with E-state index in [1.165, 1.54) is 19.3 Å². The molecule has 0 aromatic rings. The van der Waals surface area contributed by atoms with Crippen molar-refractivity contribution in [1.29, 1.82) is 0 Å². The Morgan fingerprint density at radius 3 is 2.40 bits per heavy atom. The van der Waals surface area contributed by atoms with Crippen LogP contribution in [-0.4, -0.2) is 27.6 Å². The molecule has 4 radical (unpaired) electrons. The van der Waals surface area contributed by atoms with Crippen molar-refractivity contribution < 1.29 is 0 Å². The summed E-state index contributed by atoms with van der Waals surface area (Å²) in [6.07, 6.45) is 4.05. The van der Waals surface area contributed by atoms with E-state index in [0.717, 1.165) is 12.5 Å². The zero-order chi connectivity index (χ0) is 7.61. The lowest BCUT2D eigenvalue weighted by Crippen LogP contribution is -2.46. The van der Waals surface area contributed by atoms with Gasteiger partial charge in [0.15, 0.2) is 0 Å². The third-order valence-corrected chi connectivity index (χ3v) is 2.00. The molecule has 1 nitrogen and oxygen atoms in total. The van der Waals surface area contributed by atoms with Gasteiger partial charge in [-0.15, -0.1) is 0 Å². The average molecular weight is 133 g/mol. The van der Waals surface area contributed by atoms with Gasteiger partial charge in [0.1, 0.15) is 0 Å². The standard InChI is InChI=1S/C7H13B2N/c1-7(8,9)10-5-6-3-2-4-6/h6,10H,2-5H2,1H3. The minimum Gasteiger partial charge on any atom is -0.328 e. The molecular weight excluding hydrogens is 120 g/mol. The SMILES string of the molecule is [B]C([B])(C)NCC1CCC1. The maximum absolute atomic E-state index is 5.53. The summed E-state index contributed by atoms with van der Waals surface area (Å²) in [5.74, 6) is 0.825. The van der Waals surface area contributed by atoms with Crippen LogP contribution in [0.1, 0.15) is 26.2 Å². The second-order valence-corrected chi connectivity index (χ2v) is 3.46. The van der Waals surface area contributed by atoms with Crippen LogP contribution in [0.15, 0.2) is 0 Å². The van der Waals surface area contributed by atoms with Crippen LogP contribution < -0.4 is 5.32 Å². The van der Waals surface area contributed by atoms with Crippen molar-refractivity contribution in [2.75, 3.05) is 6.54 Å². The molecule has 1 aliphatic carbocycles. The maximum Gasteiger partial charge on any atom is 0.0817 e. The molecule has 1 N–H and O–H groups in total. The lowest BCUT2D eigenvalue weighted by molar-refractivity contribution is 0.297. The van der Waals surface area contributed by atoms with E-state index < -0.39 is 5.34 Å². The minimum absolute atomic E-state index is 0.685. The Bertz CT molecular complexity index is 105. The van der Waals surface area contributed by atoms with Gasteiger partial charge >= 0.3 is 0 Å². The van der Waals surface area contributed by atoms with Crippen molar-refractivity contribution in [2.45, 2.75) is 31.5 Å². The summed E-state index contributed by atoms with van der Waals surface area (Å²) in [7, 11) is 11.1. The van der Waals surface area contributed by atoms with Gasteiger partial charge in [0, 0.05) is 0 Å². The number of hydrogen-bond donors (Lipinski definition) is 1. The first-order valence-corrected chi connectivity index (χ1v) is 3.91. The normalized spacial score (nSPS) is 20.5. The van der Waals surface area contributed by atoms with Crippen LogP contribution in [0.2, 0.25) is 0 Å². The molecule has 0 spiro atoms. The van der Waals surface area contributed by atoms with Crippen molar-refractivity contribution in [2.24, 2.45) is 5.92 Å². The number of rotatable bonds is 3. The van der Waals surface area contributed by atoms with Gasteiger partial charge in [0.25, 0.3) is 0 Å². The van der Waals surface area contributed by atoms with Crippen LogP contribution in [0.3, 0.4) is 0 Å². The summed E-state index contributed by atoms with van der Waals surface area (Å²) in [6, 6.07) is 0. The molecule has 0 aliphatic heterocycles. The van der Waals surface area contributed by atoms with Crippen molar-refractivity contribution in [3.05, 3.63) is 0 Å². The lowest BCUT2D eigenvalue weighted by Gasteiger charge is -2.30. The number of nitrogens with one attached hydrogen (secondary N) is 1. The van der Waals surface area contributed by atoms with Gasteiger partial charge in [0.05, 0.1) is 15.7 Å². The number of hydrogen-bond acceptors (Lipinski definition) is 1. The van der Waals surface area contributed by atoms with E-state index in [0.29, 0.717) is 0 Å². The Morgan fingerprint density at radius 1 is 1.50 bits per heavy atom. The smallest absolute Gasteiger partial charge is 0.0817 e. The van der Waals surface area contributed by atoms with Crippen LogP contribution >= 0.6 is 0 Å². The van der Waals surface area contributed by atoms with Crippen LogP contribution in [0.5, 0.6) is 0 Å². The van der Waals surface area contributed by atoms with Gasteiger partial charge < -0.3 is 5.32 Å². The van der Waals surface area contributed by atoms with E-state index in [4.69, 9.17) is 15.7 Å². The monoisotopic (exact) mass is 133 g/mol. The molecule has 0 unspecified atom stereocenters. The topological polar surface area (TPSA) is 12.0 Å². The highest BCUT2D eigenvalue weighted by Gasteiger charge is 2.18. The third-order valence-electron chi connectivity index (χ3n) is 2.00. The van der Waals surface area contributed by atoms with E-state index in [-0.39, 0.29) is 0 Å². The average Bonchev–Trinajstić information content (AvgIpc) is 1.56. The van der Waals surface area contributed by atoms with Crippen molar-refractivity contribution >= 4 is 15.7 Å². The Hall–Kier alpha value is 0.0899. The molecule has 0 aromatic heterocycles. The van der Waals surface area contributed by atoms with Crippen molar-refractivity contribution in [3.8, 4) is 0 Å². The van der Waals surface area contributed by atoms with Gasteiger partial charge in [-0.3, -0.25) is 0 Å². The highest BCUT2D eigenvalue weighted by atomic mass is 14.9. The molecule has 0 bridgehead atoms. The van der Waals surface area contributed by atoms with Gasteiger partial charge in [-0.2, -0.15) is 0 Å². The summed E-state index contributed by atoms with van der Waals surface area (Å²) in [4.78, 5) is 0. The van der Waals surface area contributed by atoms with Gasteiger partial charge in [-0.1, -0.05) is 18.7 Å². The zero-order valence-electron chi connectivity index (χ0n) is 6.56. The molecule has 52 valence electrons. The van der Waals surface area contributed by atoms with Crippen LogP contribution in [0.4, 0.5) is 0 Å². The summed E-state index contributed by atoms with van der Waals surface area (Å²) in [5, 5.41) is 2.39. The summed E-state index contributed by atoms with van der Waals surface area (Å²) >= 11 is 0. The quantitative estimate of drug-likeness (QED) is 0.548. The van der Waals surface area contributed by atoms with Crippen molar-refractivity contribution in [3.63, 3.8) is 0 Å². The van der Waals surface area contributed by atoms with E-state index in [1.54, 1.807) is 6.92 Å². The Kier molecular flexibility index (Phi) is 2.45. The van der Waals surface area contributed by atoms with Gasteiger partial charge in [0.2, 0.25) is 0 Å². The van der Waals surface area contributed by atoms with Crippen LogP contribution in [0.25, 0.3) is 0 Å². The fourth-order valence-corrected chi connectivity index (χ4v) is 1.06. The van der Waals surface area contributed by atoms with E-state index in [9.17, 15) is 0 Å². The molecule has 0 saturated heterocycles. The molecule has 1 rings (SSSR count). The largest absolute Gasteiger partial charge is 0.328 e. The lowest BCUT2D eigenvalue weighted by atomic mass is 9.63. The molecule has 1 aliphatic rings. The fraction of sp³-hybridized carbons (Fsp3) is 1.00. The molecule has 0 amide bonds. The fourth-order valence-electron chi connectivity index (χ4n) is 1.06. The first kappa shape index (κ1) is 8.19. The van der Waals surface area contributed by atoms with Gasteiger partial charge in [-0.25, -0.2) is 0 Å². The zero-order valence-corrected chi connectivity index (χ0v) is 6.56. The van der Waals surface area contributed by atoms with Crippen LogP contribution in [0, 0.1) is 5.92 Å². The highest BCUT2D eigenvalue weighted by Crippen LogP contribution is 2.25. The molecule has 3 heteroatoms. The molecule has 10 heavy (non-hydrogen) atoms. The minimum atomic E-state index is -0.685. The Morgan fingerprint density at radius 2 is 2.10 bits per heavy atom. The molecule has 1 saturated carbocycles. The summed E-state index contributed by atoms with van der Waals surface area (Å²) < 4.78 is 0. The van der Waals surface area contributed by atoms with E-state index in [1.807, 2.05) is 0 Å². The Labute approximate surface area is 65.8 Å². The predicted octanol–water partition coefficient (Wildman–Crippen LogP) is 0.387. The second kappa shape index (κ2) is 3.00. The highest BCUT2D eigenvalue weighted by molar-refractivity contribution is 6.39. The molecule has 0 atom stereocenters. The first-order valence-electron chi connectivity index (χ1n) is 3.91. The third kappa shape index (κ3) is 2.78. The van der Waals surface area contributed by atoms with E-state index in [2.05, 4.69) is 5.32 Å². The molecule has 0 heterocycles. The molecule has 0 aromatic carbocycles. The van der Waals surface area contributed by atoms with Gasteiger partial charge in [-0.05, 0) is 25.3 Å². The van der Waals surface area contributed by atoms with Crippen molar-refractivity contribution in [1.82, 2.24) is 5.32 Å². The van der Waals surface area contributed by atoms with E-state index >= 15 is 0 Å². The first-order chi connectivity index (χ1) is 4.58. The maximum atomic E-state index is 5.53. The molecular formula is C7H13B2N. The summed E-state index contributed by atoms with van der Waals surface area (Å²) in [5.41, 5.74) is 0.